The number of hydrogen-bond acceptors (Lipinski definition) is 3. The quantitative estimate of drug-likeness (QED) is 0.905. The summed E-state index contributed by atoms with van der Waals surface area (Å²) in [5.74, 6) is 0.970. The molecule has 0 aliphatic heterocycles. The summed E-state index contributed by atoms with van der Waals surface area (Å²) in [6, 6.07) is 3.92. The van der Waals surface area contributed by atoms with Crippen molar-refractivity contribution in [2.45, 2.75) is 32.2 Å². The van der Waals surface area contributed by atoms with Crippen LogP contribution in [0, 0.1) is 6.92 Å². The van der Waals surface area contributed by atoms with Crippen molar-refractivity contribution in [3.05, 3.63) is 40.6 Å². The van der Waals surface area contributed by atoms with Gasteiger partial charge in [0.05, 0.1) is 22.7 Å². The predicted molar refractivity (Wildman–Crippen MR) is 71.7 cm³/mol. The van der Waals surface area contributed by atoms with Gasteiger partial charge in [0.15, 0.2) is 0 Å². The largest absolute Gasteiger partial charge is 0.469 e. The second-order valence-electron chi connectivity index (χ2n) is 4.55. The van der Waals surface area contributed by atoms with Crippen molar-refractivity contribution in [2.24, 2.45) is 12.8 Å². The van der Waals surface area contributed by atoms with Gasteiger partial charge in [0.2, 0.25) is 0 Å². The molecule has 0 radical (unpaired) electrons. The fraction of sp³-hybridized carbons (Fsp3) is 0.462. The Morgan fingerprint density at radius 1 is 1.56 bits per heavy atom. The van der Waals surface area contributed by atoms with E-state index < -0.39 is 0 Å². The summed E-state index contributed by atoms with van der Waals surface area (Å²) in [4.78, 5) is 0. The third kappa shape index (κ3) is 2.94. The number of nitrogens with zero attached hydrogens (tertiary/aromatic N) is 2. The van der Waals surface area contributed by atoms with E-state index in [0.29, 0.717) is 0 Å². The van der Waals surface area contributed by atoms with Crippen molar-refractivity contribution in [1.29, 1.82) is 0 Å². The van der Waals surface area contributed by atoms with Crippen LogP contribution in [0.4, 0.5) is 0 Å². The summed E-state index contributed by atoms with van der Waals surface area (Å²) in [5, 5.41) is 5.01. The van der Waals surface area contributed by atoms with Crippen LogP contribution < -0.4 is 5.73 Å². The summed E-state index contributed by atoms with van der Waals surface area (Å²) >= 11 is 6.20. The number of halogens is 1. The SMILES string of the molecule is Cc1nn(C)c(CC(N)CCc2ccco2)c1Cl. The predicted octanol–water partition coefficient (Wildman–Crippen LogP) is 2.48. The van der Waals surface area contributed by atoms with E-state index in [9.17, 15) is 0 Å². The first kappa shape index (κ1) is 13.2. The molecule has 0 saturated carbocycles. The molecule has 98 valence electrons. The highest BCUT2D eigenvalue weighted by molar-refractivity contribution is 6.31. The molecule has 0 bridgehead atoms. The minimum atomic E-state index is 0.0578. The van der Waals surface area contributed by atoms with Gasteiger partial charge in [0.1, 0.15) is 5.76 Å². The lowest BCUT2D eigenvalue weighted by molar-refractivity contribution is 0.480. The van der Waals surface area contributed by atoms with Crippen molar-refractivity contribution >= 4 is 11.6 Å². The third-order valence-electron chi connectivity index (χ3n) is 3.06. The third-order valence-corrected chi connectivity index (χ3v) is 3.55. The van der Waals surface area contributed by atoms with Crippen LogP contribution in [0.3, 0.4) is 0 Å². The molecule has 1 unspecified atom stereocenters. The van der Waals surface area contributed by atoms with E-state index >= 15 is 0 Å². The molecule has 2 rings (SSSR count). The number of aromatic nitrogens is 2. The Bertz CT molecular complexity index is 505. The molecule has 18 heavy (non-hydrogen) atoms. The molecule has 5 heteroatoms. The zero-order valence-corrected chi connectivity index (χ0v) is 11.4. The Hall–Kier alpha value is -1.26. The summed E-state index contributed by atoms with van der Waals surface area (Å²) in [6.45, 7) is 1.90. The maximum absolute atomic E-state index is 6.20. The first-order valence-corrected chi connectivity index (χ1v) is 6.41. The molecule has 2 N–H and O–H groups in total. The van der Waals surface area contributed by atoms with Gasteiger partial charge in [-0.3, -0.25) is 4.68 Å². The molecule has 2 aromatic heterocycles. The summed E-state index contributed by atoms with van der Waals surface area (Å²) < 4.78 is 7.10. The second-order valence-corrected chi connectivity index (χ2v) is 4.93. The Balaban J connectivity index is 1.92. The van der Waals surface area contributed by atoms with E-state index in [2.05, 4.69) is 5.10 Å². The van der Waals surface area contributed by atoms with Crippen molar-refractivity contribution in [1.82, 2.24) is 9.78 Å². The molecule has 0 saturated heterocycles. The zero-order chi connectivity index (χ0) is 13.1. The first-order chi connectivity index (χ1) is 8.58. The Labute approximate surface area is 112 Å². The summed E-state index contributed by atoms with van der Waals surface area (Å²) in [6.07, 6.45) is 4.13. The van der Waals surface area contributed by atoms with Crippen molar-refractivity contribution in [3.8, 4) is 0 Å². The highest BCUT2D eigenvalue weighted by Gasteiger charge is 2.14. The van der Waals surface area contributed by atoms with Crippen LogP contribution in [-0.4, -0.2) is 15.8 Å². The molecule has 0 aliphatic rings. The highest BCUT2D eigenvalue weighted by atomic mass is 35.5. The van der Waals surface area contributed by atoms with Crippen LogP contribution in [0.15, 0.2) is 22.8 Å². The Kier molecular flexibility index (Phi) is 4.09. The maximum atomic E-state index is 6.20. The monoisotopic (exact) mass is 267 g/mol. The van der Waals surface area contributed by atoms with Crippen LogP contribution in [-0.2, 0) is 19.9 Å². The zero-order valence-electron chi connectivity index (χ0n) is 10.7. The van der Waals surface area contributed by atoms with Gasteiger partial charge < -0.3 is 10.2 Å². The number of nitrogens with two attached hydrogens (primary N) is 1. The molecule has 0 amide bonds. The maximum Gasteiger partial charge on any atom is 0.103 e. The summed E-state index contributed by atoms with van der Waals surface area (Å²) in [7, 11) is 1.90. The molecule has 0 aliphatic carbocycles. The van der Waals surface area contributed by atoms with Gasteiger partial charge in [-0.25, -0.2) is 0 Å². The Morgan fingerprint density at radius 3 is 2.89 bits per heavy atom. The number of aryl methyl sites for hydroxylation is 3. The molecule has 0 fully saturated rings. The lowest BCUT2D eigenvalue weighted by atomic mass is 10.1. The average molecular weight is 268 g/mol. The molecule has 0 aromatic carbocycles. The number of hydrogen-bond donors (Lipinski definition) is 1. The minimum absolute atomic E-state index is 0.0578. The molecule has 4 nitrogen and oxygen atoms in total. The molecule has 1 atom stereocenters. The number of rotatable bonds is 5. The fourth-order valence-electron chi connectivity index (χ4n) is 2.03. The molecular formula is C13H18ClN3O. The van der Waals surface area contributed by atoms with Gasteiger partial charge in [-0.2, -0.15) is 5.10 Å². The number of furan rings is 1. The molecule has 2 heterocycles. The van der Waals surface area contributed by atoms with E-state index in [1.807, 2.05) is 30.8 Å². The van der Waals surface area contributed by atoms with Crippen LogP contribution in [0.5, 0.6) is 0 Å². The van der Waals surface area contributed by atoms with Gasteiger partial charge >= 0.3 is 0 Å². The van der Waals surface area contributed by atoms with Crippen molar-refractivity contribution in [2.75, 3.05) is 0 Å². The molecule has 2 aromatic rings. The minimum Gasteiger partial charge on any atom is -0.469 e. The molecule has 0 spiro atoms. The van der Waals surface area contributed by atoms with Gasteiger partial charge in [0, 0.05) is 25.9 Å². The standard InChI is InChI=1S/C13H18ClN3O/c1-9-13(14)12(17(2)16-9)8-10(15)5-6-11-4-3-7-18-11/h3-4,7,10H,5-6,8,15H2,1-2H3. The topological polar surface area (TPSA) is 57.0 Å². The van der Waals surface area contributed by atoms with Crippen molar-refractivity contribution in [3.63, 3.8) is 0 Å². The smallest absolute Gasteiger partial charge is 0.103 e. The van der Waals surface area contributed by atoms with E-state index in [1.165, 1.54) is 0 Å². The van der Waals surface area contributed by atoms with Crippen molar-refractivity contribution < 1.29 is 4.42 Å². The normalized spacial score (nSPS) is 12.9. The van der Waals surface area contributed by atoms with Crippen LogP contribution in [0.2, 0.25) is 5.02 Å². The van der Waals surface area contributed by atoms with Gasteiger partial charge in [-0.05, 0) is 25.5 Å². The highest BCUT2D eigenvalue weighted by Crippen LogP contribution is 2.21. The van der Waals surface area contributed by atoms with Gasteiger partial charge in [-0.1, -0.05) is 11.6 Å². The fourth-order valence-corrected chi connectivity index (χ4v) is 2.27. The van der Waals surface area contributed by atoms with E-state index in [1.54, 1.807) is 6.26 Å². The lowest BCUT2D eigenvalue weighted by Crippen LogP contribution is -2.24. The van der Waals surface area contributed by atoms with E-state index in [-0.39, 0.29) is 6.04 Å². The van der Waals surface area contributed by atoms with Crippen LogP contribution >= 0.6 is 11.6 Å². The first-order valence-electron chi connectivity index (χ1n) is 6.04. The van der Waals surface area contributed by atoms with E-state index in [0.717, 1.165) is 41.4 Å². The Morgan fingerprint density at radius 2 is 2.33 bits per heavy atom. The average Bonchev–Trinajstić information content (AvgIpc) is 2.92. The summed E-state index contributed by atoms with van der Waals surface area (Å²) in [5.41, 5.74) is 7.98. The second kappa shape index (κ2) is 5.59. The van der Waals surface area contributed by atoms with E-state index in [4.69, 9.17) is 21.8 Å². The van der Waals surface area contributed by atoms with Crippen LogP contribution in [0.25, 0.3) is 0 Å². The van der Waals surface area contributed by atoms with Crippen LogP contribution in [0.1, 0.15) is 23.6 Å². The molecular weight excluding hydrogens is 250 g/mol. The van der Waals surface area contributed by atoms with Gasteiger partial charge in [-0.15, -0.1) is 0 Å². The van der Waals surface area contributed by atoms with Gasteiger partial charge in [0.25, 0.3) is 0 Å². The lowest BCUT2D eigenvalue weighted by Gasteiger charge is -2.11.